The summed E-state index contributed by atoms with van der Waals surface area (Å²) in [6.45, 7) is 9.54. The molecule has 3 amide bonds. The van der Waals surface area contributed by atoms with Crippen molar-refractivity contribution in [3.05, 3.63) is 59.5 Å². The Kier molecular flexibility index (Phi) is 13.1. The number of sulfonamides is 1. The predicted octanol–water partition coefficient (Wildman–Crippen LogP) is 5.06. The van der Waals surface area contributed by atoms with Crippen LogP contribution < -0.4 is 19.5 Å². The average Bonchev–Trinajstić information content (AvgIpc) is 3.41. The number of nitrogens with zero attached hydrogens (tertiary/aromatic N) is 3. The SMILES string of the molecule is COc1ccc(S(=O)(=O)Nc2ccc3c(c2)C(=O)N([C@@H](C)CO)C[C@H](C)[C@@H](CN(C)C(=O)Nc2c(C)noc2C)OCCCC[C@@H](C)O3)cc1. The van der Waals surface area contributed by atoms with Crippen molar-refractivity contribution in [2.24, 2.45) is 5.92 Å². The number of aliphatic hydroxyl groups is 1. The molecule has 2 heterocycles. The molecule has 0 saturated heterocycles. The number of rotatable bonds is 9. The van der Waals surface area contributed by atoms with Crippen molar-refractivity contribution in [2.75, 3.05) is 50.5 Å². The number of fused-ring (bicyclic) bond motifs is 1. The number of hydrogen-bond donors (Lipinski definition) is 3. The van der Waals surface area contributed by atoms with Gasteiger partial charge in [0.2, 0.25) is 0 Å². The average molecular weight is 716 g/mol. The molecular formula is C35H49N5O9S. The minimum Gasteiger partial charge on any atom is -0.497 e. The standard InChI is InChI=1S/C35H49N5O9S/c1-22-19-40(23(2)21-41)34(42)30-18-27(38-50(44,45)29-14-12-28(46-7)13-15-29)11-16-31(30)48-24(3)10-8-9-17-47-32(22)20-39(6)35(43)36-33-25(4)37-49-26(33)5/h11-16,18,22-24,32,38,41H,8-10,17,19-21H2,1-7H3,(H,36,43)/t22-,23-,24+,32+/m0/s1. The number of ether oxygens (including phenoxy) is 3. The van der Waals surface area contributed by atoms with Crippen molar-refractivity contribution in [3.63, 3.8) is 0 Å². The summed E-state index contributed by atoms with van der Waals surface area (Å²) in [6.07, 6.45) is 1.50. The largest absolute Gasteiger partial charge is 0.497 e. The van der Waals surface area contributed by atoms with Crippen LogP contribution in [-0.4, -0.2) is 99.1 Å². The molecule has 0 bridgehead atoms. The van der Waals surface area contributed by atoms with Crippen molar-refractivity contribution >= 4 is 33.3 Å². The maximum atomic E-state index is 14.4. The number of carbonyl (C=O) groups is 2. The molecule has 0 fully saturated rings. The highest BCUT2D eigenvalue weighted by Crippen LogP contribution is 2.30. The van der Waals surface area contributed by atoms with E-state index in [1.807, 2.05) is 13.8 Å². The van der Waals surface area contributed by atoms with Gasteiger partial charge in [-0.15, -0.1) is 0 Å². The molecule has 0 saturated carbocycles. The molecule has 0 unspecified atom stereocenters. The van der Waals surface area contributed by atoms with Crippen LogP contribution in [0, 0.1) is 19.8 Å². The zero-order valence-electron chi connectivity index (χ0n) is 29.8. The first kappa shape index (κ1) is 38.5. The molecule has 0 radical (unpaired) electrons. The highest BCUT2D eigenvalue weighted by atomic mass is 32.2. The lowest BCUT2D eigenvalue weighted by atomic mass is 10.0. The highest BCUT2D eigenvalue weighted by Gasteiger charge is 2.31. The normalized spacial score (nSPS) is 19.8. The van der Waals surface area contributed by atoms with E-state index in [-0.39, 0.29) is 53.9 Å². The smallest absolute Gasteiger partial charge is 0.321 e. The summed E-state index contributed by atoms with van der Waals surface area (Å²) in [5.74, 6) is 0.572. The van der Waals surface area contributed by atoms with Gasteiger partial charge in [-0.05, 0) is 89.4 Å². The van der Waals surface area contributed by atoms with Crippen molar-refractivity contribution in [1.82, 2.24) is 15.0 Å². The Balaban J connectivity index is 1.63. The molecule has 1 aliphatic rings. The number of nitrogens with one attached hydrogen (secondary N) is 2. The highest BCUT2D eigenvalue weighted by molar-refractivity contribution is 7.92. The Morgan fingerprint density at radius 3 is 2.52 bits per heavy atom. The third-order valence-electron chi connectivity index (χ3n) is 8.74. The van der Waals surface area contributed by atoms with E-state index in [2.05, 4.69) is 15.2 Å². The third kappa shape index (κ3) is 9.67. The van der Waals surface area contributed by atoms with Crippen LogP contribution in [0.5, 0.6) is 11.5 Å². The number of carbonyl (C=O) groups excluding carboxylic acids is 2. The zero-order valence-corrected chi connectivity index (χ0v) is 30.6. The Morgan fingerprint density at radius 2 is 1.88 bits per heavy atom. The van der Waals surface area contributed by atoms with Crippen LogP contribution in [0.4, 0.5) is 16.2 Å². The third-order valence-corrected chi connectivity index (χ3v) is 10.1. The zero-order chi connectivity index (χ0) is 36.6. The Labute approximate surface area is 294 Å². The van der Waals surface area contributed by atoms with Gasteiger partial charge < -0.3 is 39.0 Å². The maximum absolute atomic E-state index is 14.4. The fourth-order valence-electron chi connectivity index (χ4n) is 5.63. The van der Waals surface area contributed by atoms with Gasteiger partial charge >= 0.3 is 6.03 Å². The first-order chi connectivity index (χ1) is 23.7. The van der Waals surface area contributed by atoms with E-state index in [0.29, 0.717) is 41.7 Å². The molecule has 1 aliphatic heterocycles. The van der Waals surface area contributed by atoms with Crippen LogP contribution in [0.25, 0.3) is 0 Å². The van der Waals surface area contributed by atoms with Crippen LogP contribution in [0.1, 0.15) is 61.8 Å². The van der Waals surface area contributed by atoms with Crippen LogP contribution in [0.3, 0.4) is 0 Å². The topological polar surface area (TPSA) is 173 Å². The van der Waals surface area contributed by atoms with E-state index in [1.165, 1.54) is 35.1 Å². The number of amides is 3. The molecule has 50 heavy (non-hydrogen) atoms. The fraction of sp³-hybridized carbons (Fsp3) is 0.514. The Hall–Kier alpha value is -4.34. The van der Waals surface area contributed by atoms with E-state index < -0.39 is 28.1 Å². The van der Waals surface area contributed by atoms with Crippen molar-refractivity contribution < 1.29 is 41.8 Å². The van der Waals surface area contributed by atoms with E-state index in [0.717, 1.165) is 12.8 Å². The van der Waals surface area contributed by atoms with Gasteiger partial charge in [-0.2, -0.15) is 0 Å². The van der Waals surface area contributed by atoms with Gasteiger partial charge in [0.25, 0.3) is 15.9 Å². The summed E-state index contributed by atoms with van der Waals surface area (Å²) >= 11 is 0. The van der Waals surface area contributed by atoms with Gasteiger partial charge in [0.05, 0.1) is 42.4 Å². The second kappa shape index (κ2) is 17.1. The molecule has 3 N–H and O–H groups in total. The minimum atomic E-state index is -4.01. The number of methoxy groups -OCH3 is 1. The number of anilines is 2. The maximum Gasteiger partial charge on any atom is 0.321 e. The fourth-order valence-corrected chi connectivity index (χ4v) is 6.68. The van der Waals surface area contributed by atoms with Crippen LogP contribution in [0.2, 0.25) is 0 Å². The van der Waals surface area contributed by atoms with Gasteiger partial charge in [-0.25, -0.2) is 13.2 Å². The molecule has 15 heteroatoms. The number of aromatic nitrogens is 1. The lowest BCUT2D eigenvalue weighted by molar-refractivity contribution is -0.0115. The molecule has 0 aliphatic carbocycles. The van der Waals surface area contributed by atoms with E-state index in [4.69, 9.17) is 18.7 Å². The van der Waals surface area contributed by atoms with E-state index in [1.54, 1.807) is 52.1 Å². The summed E-state index contributed by atoms with van der Waals surface area (Å²) in [5, 5.41) is 17.0. The van der Waals surface area contributed by atoms with Crippen molar-refractivity contribution in [1.29, 1.82) is 0 Å². The lowest BCUT2D eigenvalue weighted by Crippen LogP contribution is -2.48. The summed E-state index contributed by atoms with van der Waals surface area (Å²) in [5.41, 5.74) is 1.39. The molecule has 1 aromatic heterocycles. The molecule has 0 spiro atoms. The van der Waals surface area contributed by atoms with Gasteiger partial charge in [-0.3, -0.25) is 9.52 Å². The monoisotopic (exact) mass is 715 g/mol. The summed E-state index contributed by atoms with van der Waals surface area (Å²) in [7, 11) is -0.849. The molecule has 274 valence electrons. The number of urea groups is 1. The number of benzene rings is 2. The summed E-state index contributed by atoms with van der Waals surface area (Å²) < 4.78 is 52.0. The Bertz CT molecular complexity index is 1690. The van der Waals surface area contributed by atoms with Gasteiger partial charge in [0.1, 0.15) is 22.9 Å². The van der Waals surface area contributed by atoms with Gasteiger partial charge in [0.15, 0.2) is 5.76 Å². The predicted molar refractivity (Wildman–Crippen MR) is 188 cm³/mol. The van der Waals surface area contributed by atoms with Gasteiger partial charge in [-0.1, -0.05) is 12.1 Å². The van der Waals surface area contributed by atoms with Crippen molar-refractivity contribution in [3.8, 4) is 11.5 Å². The number of aryl methyl sites for hydroxylation is 2. The molecular weight excluding hydrogens is 666 g/mol. The van der Waals surface area contributed by atoms with Crippen LogP contribution >= 0.6 is 0 Å². The summed E-state index contributed by atoms with van der Waals surface area (Å²) in [4.78, 5) is 30.7. The van der Waals surface area contributed by atoms with Crippen molar-refractivity contribution in [2.45, 2.75) is 77.0 Å². The van der Waals surface area contributed by atoms with E-state index >= 15 is 0 Å². The van der Waals surface area contributed by atoms with Crippen LogP contribution in [0.15, 0.2) is 51.9 Å². The van der Waals surface area contributed by atoms with E-state index in [9.17, 15) is 23.1 Å². The molecule has 14 nitrogen and oxygen atoms in total. The summed E-state index contributed by atoms with van der Waals surface area (Å²) in [6, 6.07) is 9.58. The molecule has 4 atom stereocenters. The van der Waals surface area contributed by atoms with Gasteiger partial charge in [0, 0.05) is 38.3 Å². The number of hydrogen-bond acceptors (Lipinski definition) is 10. The quantitative estimate of drug-likeness (QED) is 0.272. The second-order valence-electron chi connectivity index (χ2n) is 12.8. The first-order valence-corrected chi connectivity index (χ1v) is 18.2. The first-order valence-electron chi connectivity index (χ1n) is 16.7. The molecule has 3 aromatic rings. The molecule has 4 rings (SSSR count). The Morgan fingerprint density at radius 1 is 1.16 bits per heavy atom. The number of likely N-dealkylation sites (N-methyl/N-ethyl adjacent to an activating group) is 1. The second-order valence-corrected chi connectivity index (χ2v) is 14.5. The minimum absolute atomic E-state index is 0.0235. The lowest BCUT2D eigenvalue weighted by Gasteiger charge is -2.35. The number of aliphatic hydroxyl groups excluding tert-OH is 1. The van der Waals surface area contributed by atoms with Crippen LogP contribution in [-0.2, 0) is 14.8 Å². The molecule has 2 aromatic carbocycles.